The van der Waals surface area contributed by atoms with Crippen LogP contribution in [0.15, 0.2) is 42.6 Å². The Balaban J connectivity index is 1.56. The van der Waals surface area contributed by atoms with Gasteiger partial charge in [-0.1, -0.05) is 6.07 Å². The maximum Gasteiger partial charge on any atom is 0.420 e. The van der Waals surface area contributed by atoms with E-state index in [9.17, 15) is 13.6 Å². The number of nitrogens with zero attached hydrogens (tertiary/aromatic N) is 4. The fourth-order valence-electron chi connectivity index (χ4n) is 2.50. The number of aromatic nitrogens is 4. The first-order valence-electron chi connectivity index (χ1n) is 9.04. The van der Waals surface area contributed by atoms with Crippen LogP contribution < -0.4 is 20.7 Å². The zero-order valence-corrected chi connectivity index (χ0v) is 15.8. The van der Waals surface area contributed by atoms with Gasteiger partial charge in [0.15, 0.2) is 0 Å². The third kappa shape index (κ3) is 5.13. The third-order valence-corrected chi connectivity index (χ3v) is 4.23. The van der Waals surface area contributed by atoms with Crippen LogP contribution >= 0.6 is 0 Å². The van der Waals surface area contributed by atoms with Gasteiger partial charge in [0.25, 0.3) is 0 Å². The summed E-state index contributed by atoms with van der Waals surface area (Å²) in [5, 5.41) is 8.26. The minimum Gasteiger partial charge on any atom is -0.373 e. The lowest BCUT2D eigenvalue weighted by atomic mass is 10.3. The molecule has 0 aliphatic heterocycles. The quantitative estimate of drug-likeness (QED) is 0.558. The number of nitrogens with one attached hydrogen (secondary N) is 3. The lowest BCUT2D eigenvalue weighted by molar-refractivity contribution is 0.211. The number of rotatable bonds is 6. The molecule has 4 rings (SSSR count). The lowest BCUT2D eigenvalue weighted by Crippen LogP contribution is -2.22. The summed E-state index contributed by atoms with van der Waals surface area (Å²) < 4.78 is 32.1. The monoisotopic (exact) mass is 413 g/mol. The van der Waals surface area contributed by atoms with E-state index in [4.69, 9.17) is 4.74 Å². The predicted molar refractivity (Wildman–Crippen MR) is 105 cm³/mol. The maximum absolute atomic E-state index is 13.5. The molecule has 1 amide bonds. The molecule has 0 bridgehead atoms. The zero-order chi connectivity index (χ0) is 21.1. The summed E-state index contributed by atoms with van der Waals surface area (Å²) in [6.45, 7) is 1.99. The van der Waals surface area contributed by atoms with Crippen molar-refractivity contribution in [2.45, 2.75) is 25.3 Å². The summed E-state index contributed by atoms with van der Waals surface area (Å²) in [5.41, 5.74) is -0.0805. The van der Waals surface area contributed by atoms with Crippen LogP contribution in [-0.2, 0) is 0 Å². The lowest BCUT2D eigenvalue weighted by Gasteiger charge is -2.13. The number of hydrogen-bond donors (Lipinski definition) is 3. The molecule has 0 saturated heterocycles. The average Bonchev–Trinajstić information content (AvgIpc) is 3.37. The summed E-state index contributed by atoms with van der Waals surface area (Å²) >= 11 is 0. The molecule has 3 aromatic rings. The molecule has 11 heteroatoms. The predicted octanol–water partition coefficient (Wildman–Crippen LogP) is 3.86. The third-order valence-electron chi connectivity index (χ3n) is 4.23. The van der Waals surface area contributed by atoms with Gasteiger partial charge in [-0.25, -0.2) is 18.6 Å². The van der Waals surface area contributed by atoms with E-state index in [1.165, 1.54) is 6.20 Å². The number of ether oxygens (including phenoxy) is 1. The van der Waals surface area contributed by atoms with Gasteiger partial charge in [-0.3, -0.25) is 5.32 Å². The van der Waals surface area contributed by atoms with Crippen molar-refractivity contribution in [2.24, 2.45) is 0 Å². The van der Waals surface area contributed by atoms with Crippen molar-refractivity contribution < 1.29 is 18.3 Å². The van der Waals surface area contributed by atoms with Gasteiger partial charge in [0.05, 0.1) is 0 Å². The van der Waals surface area contributed by atoms with Crippen molar-refractivity contribution in [3.8, 4) is 6.01 Å². The Labute approximate surface area is 169 Å². The van der Waals surface area contributed by atoms with Gasteiger partial charge in [0, 0.05) is 23.5 Å². The van der Waals surface area contributed by atoms with E-state index in [1.807, 2.05) is 6.92 Å². The first-order valence-corrected chi connectivity index (χ1v) is 9.04. The molecule has 30 heavy (non-hydrogen) atoms. The van der Waals surface area contributed by atoms with E-state index in [2.05, 4.69) is 35.9 Å². The highest BCUT2D eigenvalue weighted by Crippen LogP contribution is 2.37. The van der Waals surface area contributed by atoms with E-state index in [0.29, 0.717) is 0 Å². The number of hydrogen-bond acceptors (Lipinski definition) is 8. The van der Waals surface area contributed by atoms with Crippen molar-refractivity contribution in [1.82, 2.24) is 19.9 Å². The van der Waals surface area contributed by atoms with Gasteiger partial charge in [-0.15, -0.1) is 0 Å². The van der Waals surface area contributed by atoms with E-state index >= 15 is 0 Å². The smallest absolute Gasteiger partial charge is 0.373 e. The number of amides is 1. The second kappa shape index (κ2) is 7.85. The molecule has 0 unspecified atom stereocenters. The highest BCUT2D eigenvalue weighted by molar-refractivity contribution is 5.84. The Morgan fingerprint density at radius 1 is 1.07 bits per heavy atom. The number of carbonyl (C=O) groups is 1. The molecule has 0 spiro atoms. The highest BCUT2D eigenvalue weighted by atomic mass is 19.1. The Hall–Kier alpha value is -3.89. The largest absolute Gasteiger partial charge is 0.420 e. The summed E-state index contributed by atoms with van der Waals surface area (Å²) in [5.74, 6) is -1.13. The summed E-state index contributed by atoms with van der Waals surface area (Å²) in [7, 11) is 0. The first-order chi connectivity index (χ1) is 14.4. The molecule has 0 radical (unpaired) electrons. The van der Waals surface area contributed by atoms with Crippen LogP contribution in [0.4, 0.5) is 37.0 Å². The van der Waals surface area contributed by atoms with Gasteiger partial charge < -0.3 is 15.4 Å². The molecule has 154 valence electrons. The van der Waals surface area contributed by atoms with Gasteiger partial charge in [-0.05, 0) is 44.0 Å². The SMILES string of the molecule is CC1(Nc2nc(Nc3cc(F)cc(F)c3)nc(OC(=O)Nc3ccccn3)n2)CC1. The standard InChI is InChI=1S/C19H17F2N7O2/c1-19(5-6-19)28-16-25-15(23-13-9-11(20)8-12(21)10-13)26-17(27-16)30-18(29)24-14-4-2-3-7-22-14/h2-4,7-10H,5-6H2,1H3,(H,22,24,29)(H2,23,25,26,27,28). The molecule has 9 nitrogen and oxygen atoms in total. The van der Waals surface area contributed by atoms with Crippen molar-refractivity contribution >= 4 is 29.5 Å². The Morgan fingerprint density at radius 2 is 1.80 bits per heavy atom. The molecule has 1 aliphatic rings. The fourth-order valence-corrected chi connectivity index (χ4v) is 2.50. The number of anilines is 4. The van der Waals surface area contributed by atoms with E-state index in [-0.39, 0.29) is 35.0 Å². The summed E-state index contributed by atoms with van der Waals surface area (Å²) in [6.07, 6.45) is 2.50. The second-order valence-electron chi connectivity index (χ2n) is 6.96. The minimum absolute atomic E-state index is 0.0533. The summed E-state index contributed by atoms with van der Waals surface area (Å²) in [6, 6.07) is 7.59. The molecule has 1 saturated carbocycles. The number of halogens is 2. The fraction of sp³-hybridized carbons (Fsp3) is 0.211. The van der Waals surface area contributed by atoms with Crippen molar-refractivity contribution in [1.29, 1.82) is 0 Å². The van der Waals surface area contributed by atoms with Crippen LogP contribution in [-0.4, -0.2) is 31.6 Å². The molecule has 2 aromatic heterocycles. The summed E-state index contributed by atoms with van der Waals surface area (Å²) in [4.78, 5) is 28.4. The van der Waals surface area contributed by atoms with E-state index < -0.39 is 17.7 Å². The van der Waals surface area contributed by atoms with Crippen LogP contribution in [0.2, 0.25) is 0 Å². The van der Waals surface area contributed by atoms with Gasteiger partial charge >= 0.3 is 12.1 Å². The molecule has 1 fully saturated rings. The van der Waals surface area contributed by atoms with Gasteiger partial charge in [-0.2, -0.15) is 15.0 Å². The van der Waals surface area contributed by atoms with E-state index in [1.54, 1.807) is 18.2 Å². The molecule has 2 heterocycles. The minimum atomic E-state index is -0.855. The van der Waals surface area contributed by atoms with E-state index in [0.717, 1.165) is 31.0 Å². The Morgan fingerprint density at radius 3 is 2.47 bits per heavy atom. The molecular weight excluding hydrogens is 396 g/mol. The molecule has 1 aromatic carbocycles. The molecule has 0 atom stereocenters. The Bertz CT molecular complexity index is 1060. The van der Waals surface area contributed by atoms with Crippen molar-refractivity contribution in [2.75, 3.05) is 16.0 Å². The van der Waals surface area contributed by atoms with Crippen LogP contribution in [0.3, 0.4) is 0 Å². The van der Waals surface area contributed by atoms with Gasteiger partial charge in [0.2, 0.25) is 11.9 Å². The molecule has 1 aliphatic carbocycles. The van der Waals surface area contributed by atoms with Crippen molar-refractivity contribution in [3.05, 3.63) is 54.2 Å². The normalized spacial score (nSPS) is 14.0. The molecular formula is C19H17F2N7O2. The van der Waals surface area contributed by atoms with Crippen LogP contribution in [0.1, 0.15) is 19.8 Å². The number of carbonyl (C=O) groups excluding carboxylic acids is 1. The van der Waals surface area contributed by atoms with Crippen LogP contribution in [0.25, 0.3) is 0 Å². The first kappa shape index (κ1) is 19.4. The topological polar surface area (TPSA) is 114 Å². The number of pyridine rings is 1. The highest BCUT2D eigenvalue weighted by Gasteiger charge is 2.38. The van der Waals surface area contributed by atoms with Crippen LogP contribution in [0, 0.1) is 11.6 Å². The number of benzene rings is 1. The van der Waals surface area contributed by atoms with Crippen molar-refractivity contribution in [3.63, 3.8) is 0 Å². The zero-order valence-electron chi connectivity index (χ0n) is 15.8. The average molecular weight is 413 g/mol. The maximum atomic E-state index is 13.5. The Kier molecular flexibility index (Phi) is 5.09. The van der Waals surface area contributed by atoms with Crippen LogP contribution in [0.5, 0.6) is 6.01 Å². The molecule has 3 N–H and O–H groups in total. The van der Waals surface area contributed by atoms with Gasteiger partial charge in [0.1, 0.15) is 17.5 Å². The second-order valence-corrected chi connectivity index (χ2v) is 6.96.